The lowest BCUT2D eigenvalue weighted by molar-refractivity contribution is -0.110. The highest BCUT2D eigenvalue weighted by Gasteiger charge is 2.11. The van der Waals surface area contributed by atoms with Gasteiger partial charge in [0, 0.05) is 21.2 Å². The van der Waals surface area contributed by atoms with Crippen molar-refractivity contribution in [3.8, 4) is 42.6 Å². The lowest BCUT2D eigenvalue weighted by Gasteiger charge is -2.11. The zero-order valence-electron chi connectivity index (χ0n) is 33.4. The molecular formula is C57H34BrF2NO. The van der Waals surface area contributed by atoms with E-state index in [9.17, 15) is 13.6 Å². The Labute approximate surface area is 367 Å². The van der Waals surface area contributed by atoms with E-state index in [0.29, 0.717) is 10.0 Å². The highest BCUT2D eigenvalue weighted by atomic mass is 79.9. The van der Waals surface area contributed by atoms with E-state index in [-0.39, 0.29) is 16.9 Å². The summed E-state index contributed by atoms with van der Waals surface area (Å²) < 4.78 is 27.1. The molecule has 10 rings (SSSR count). The van der Waals surface area contributed by atoms with Crippen LogP contribution in [0.25, 0.3) is 64.6 Å². The molecule has 0 N–H and O–H groups in total. The Hall–Kier alpha value is -8.06. The molecule has 0 heterocycles. The summed E-state index contributed by atoms with van der Waals surface area (Å²) in [7, 11) is 0. The van der Waals surface area contributed by atoms with Crippen molar-refractivity contribution in [3.05, 3.63) is 214 Å². The molecule has 0 atom stereocenters. The number of allylic oxidation sites excluding steroid dienone is 3. The van der Waals surface area contributed by atoms with Crippen LogP contribution in [-0.4, -0.2) is 5.78 Å². The van der Waals surface area contributed by atoms with E-state index in [1.165, 1.54) is 89.6 Å². The van der Waals surface area contributed by atoms with E-state index >= 15 is 0 Å². The van der Waals surface area contributed by atoms with Gasteiger partial charge in [0.15, 0.2) is 5.78 Å². The minimum absolute atomic E-state index is 0.0394. The van der Waals surface area contributed by atoms with Gasteiger partial charge in [-0.15, -0.1) is 12.8 Å². The Balaban J connectivity index is 0.000000141. The quantitative estimate of drug-likeness (QED) is 0.0987. The first kappa shape index (κ1) is 42.1. The van der Waals surface area contributed by atoms with E-state index in [1.807, 2.05) is 12.1 Å². The average Bonchev–Trinajstić information content (AvgIpc) is 3.30. The van der Waals surface area contributed by atoms with Crippen LogP contribution in [0.3, 0.4) is 0 Å². The summed E-state index contributed by atoms with van der Waals surface area (Å²) in [5, 5.41) is 23.2. The van der Waals surface area contributed by atoms with E-state index < -0.39 is 11.6 Å². The molecule has 0 spiro atoms. The Morgan fingerprint density at radius 1 is 0.581 bits per heavy atom. The molecule has 294 valence electrons. The number of hydrogen-bond donors (Lipinski definition) is 0. The standard InChI is InChI=1S/C26H13F.C18H10.C7H3BrFN.C6H8O/c1-2-18-8-6-17(16-24(18)27)7-9-19-10-11-22-13-12-20-4-3-5-21-14-15-23(19)26(22)25(20)21;1-2-12-6-7-15-9-8-13-4-3-5-14-10-11-16(12)18(15)17(13)14;8-6-2-1-5(4-10)7(9)3-6;1-3-5-6(7)4-2/h1,3-6,8,10-16H;1,3-11H;1-3H;3-5H,2H2,1H3. The van der Waals surface area contributed by atoms with Gasteiger partial charge in [-0.1, -0.05) is 149 Å². The van der Waals surface area contributed by atoms with E-state index in [2.05, 4.69) is 143 Å². The minimum Gasteiger partial charge on any atom is -0.290 e. The predicted molar refractivity (Wildman–Crippen MR) is 257 cm³/mol. The predicted octanol–water partition coefficient (Wildman–Crippen LogP) is 14.4. The van der Waals surface area contributed by atoms with Gasteiger partial charge < -0.3 is 0 Å². The van der Waals surface area contributed by atoms with Crippen LogP contribution in [0.5, 0.6) is 0 Å². The summed E-state index contributed by atoms with van der Waals surface area (Å²) in [4.78, 5) is 10.2. The second-order valence-corrected chi connectivity index (χ2v) is 14.9. The third kappa shape index (κ3) is 8.77. The van der Waals surface area contributed by atoms with Crippen LogP contribution in [0.2, 0.25) is 0 Å². The molecule has 0 aliphatic carbocycles. The maximum Gasteiger partial charge on any atom is 0.177 e. The van der Waals surface area contributed by atoms with Crippen molar-refractivity contribution < 1.29 is 13.6 Å². The number of rotatable bonds is 2. The van der Waals surface area contributed by atoms with Crippen LogP contribution in [0.4, 0.5) is 8.78 Å². The van der Waals surface area contributed by atoms with Crippen LogP contribution in [0.1, 0.15) is 34.7 Å². The Morgan fingerprint density at radius 2 is 1.03 bits per heavy atom. The summed E-state index contributed by atoms with van der Waals surface area (Å²) in [5.41, 5.74) is 2.84. The Morgan fingerprint density at radius 3 is 1.50 bits per heavy atom. The van der Waals surface area contributed by atoms with Crippen molar-refractivity contribution in [2.24, 2.45) is 0 Å². The molecule has 0 fully saturated rings. The normalized spacial score (nSPS) is 10.5. The summed E-state index contributed by atoms with van der Waals surface area (Å²) in [6, 6.07) is 49.0. The Bertz CT molecular complexity index is 3520. The fraction of sp³-hybridized carbons (Fsp3) is 0.0175. The van der Waals surface area contributed by atoms with E-state index in [1.54, 1.807) is 37.3 Å². The molecule has 5 heteroatoms. The number of carbonyl (C=O) groups is 1. The molecule has 0 saturated heterocycles. The van der Waals surface area contributed by atoms with Gasteiger partial charge >= 0.3 is 0 Å². The molecule has 0 bridgehead atoms. The van der Waals surface area contributed by atoms with Crippen molar-refractivity contribution in [3.63, 3.8) is 0 Å². The van der Waals surface area contributed by atoms with Gasteiger partial charge in [-0.05, 0) is 132 Å². The van der Waals surface area contributed by atoms with Gasteiger partial charge in [-0.3, -0.25) is 4.79 Å². The van der Waals surface area contributed by atoms with Crippen LogP contribution >= 0.6 is 15.9 Å². The second kappa shape index (κ2) is 18.9. The van der Waals surface area contributed by atoms with Gasteiger partial charge in [0.1, 0.15) is 17.7 Å². The maximum absolute atomic E-state index is 13.9. The first-order valence-corrected chi connectivity index (χ1v) is 20.2. The van der Waals surface area contributed by atoms with Crippen LogP contribution in [0.15, 0.2) is 175 Å². The van der Waals surface area contributed by atoms with Gasteiger partial charge in [0.25, 0.3) is 0 Å². The average molecular weight is 867 g/mol. The summed E-state index contributed by atoms with van der Waals surface area (Å²) in [6.07, 6.45) is 15.3. The van der Waals surface area contributed by atoms with E-state index in [0.717, 1.165) is 16.5 Å². The number of ketones is 1. The topological polar surface area (TPSA) is 40.9 Å². The molecule has 0 radical (unpaired) electrons. The second-order valence-electron chi connectivity index (χ2n) is 14.0. The van der Waals surface area contributed by atoms with Crippen molar-refractivity contribution in [2.75, 3.05) is 0 Å². The van der Waals surface area contributed by atoms with Crippen molar-refractivity contribution >= 4 is 86.3 Å². The van der Waals surface area contributed by atoms with Crippen LogP contribution in [-0.2, 0) is 4.79 Å². The zero-order chi connectivity index (χ0) is 43.8. The molecule has 0 amide bonds. The van der Waals surface area contributed by atoms with Crippen molar-refractivity contribution in [1.82, 2.24) is 0 Å². The molecule has 0 aliphatic rings. The third-order valence-electron chi connectivity index (χ3n) is 10.3. The first-order chi connectivity index (χ1) is 30.2. The number of nitrogens with zero attached hydrogens (tertiary/aromatic N) is 1. The smallest absolute Gasteiger partial charge is 0.177 e. The molecule has 0 aromatic heterocycles. The molecule has 10 aromatic rings. The highest BCUT2D eigenvalue weighted by molar-refractivity contribution is 9.10. The van der Waals surface area contributed by atoms with Crippen molar-refractivity contribution in [2.45, 2.75) is 6.92 Å². The fourth-order valence-electron chi connectivity index (χ4n) is 7.37. The summed E-state index contributed by atoms with van der Waals surface area (Å²) in [5.74, 6) is 10.4. The zero-order valence-corrected chi connectivity index (χ0v) is 35.0. The van der Waals surface area contributed by atoms with Gasteiger partial charge in [0.05, 0.1) is 11.1 Å². The fourth-order valence-corrected chi connectivity index (χ4v) is 7.70. The molecule has 0 unspecified atom stereocenters. The largest absolute Gasteiger partial charge is 0.290 e. The number of terminal acetylenes is 2. The number of hydrogen-bond acceptors (Lipinski definition) is 2. The minimum atomic E-state index is -0.489. The van der Waals surface area contributed by atoms with Gasteiger partial charge in [0.2, 0.25) is 0 Å². The van der Waals surface area contributed by atoms with Gasteiger partial charge in [-0.2, -0.15) is 5.26 Å². The lowest BCUT2D eigenvalue weighted by atomic mass is 9.92. The number of benzene rings is 10. The lowest BCUT2D eigenvalue weighted by Crippen LogP contribution is -1.87. The summed E-state index contributed by atoms with van der Waals surface area (Å²) >= 11 is 3.08. The number of halogens is 3. The summed E-state index contributed by atoms with van der Waals surface area (Å²) in [6.45, 7) is 5.07. The molecule has 62 heavy (non-hydrogen) atoms. The SMILES string of the molecule is C#Cc1ccc(C#Cc2ccc3ccc4cccc5ccc2c3c45)cc1F.C#Cc1ccc2ccc3cccc4ccc1c2c34.C=CC(=O)C=CC.N#Cc1ccc(Br)cc1F. The van der Waals surface area contributed by atoms with Crippen molar-refractivity contribution in [1.29, 1.82) is 5.26 Å². The third-order valence-corrected chi connectivity index (χ3v) is 10.8. The molecular weight excluding hydrogens is 833 g/mol. The highest BCUT2D eigenvalue weighted by Crippen LogP contribution is 2.37. The maximum atomic E-state index is 13.9. The first-order valence-electron chi connectivity index (χ1n) is 19.4. The van der Waals surface area contributed by atoms with Crippen LogP contribution in [0, 0.1) is 59.5 Å². The molecule has 10 aromatic carbocycles. The number of nitriles is 1. The Kier molecular flexibility index (Phi) is 12.8. The monoisotopic (exact) mass is 865 g/mol. The van der Waals surface area contributed by atoms with Crippen LogP contribution < -0.4 is 0 Å². The van der Waals surface area contributed by atoms with Gasteiger partial charge in [-0.25, -0.2) is 8.78 Å². The van der Waals surface area contributed by atoms with E-state index in [4.69, 9.17) is 18.1 Å². The molecule has 0 aliphatic heterocycles. The molecule has 0 saturated carbocycles. The molecule has 2 nitrogen and oxygen atoms in total. The number of carbonyl (C=O) groups excluding carboxylic acids is 1.